The third kappa shape index (κ3) is 6.13. The van der Waals surface area contributed by atoms with Crippen molar-refractivity contribution in [2.45, 2.75) is 0 Å². The molecule has 11 rings (SSSR count). The first-order valence-corrected chi connectivity index (χ1v) is 21.1. The standard InChI is InChI=1S/C55H34BCl2N3/c57-41-27-29-47-49(33-41)60(54-43(37-15-5-1-6-16-37)23-13-24-44(54)38-17-7-2-8-18-38)51-31-36(35-59)32-52-53(51)56(47)48-30-28-42(58)34-50(48)61(52)55-45(39-19-9-3-10-20-39)25-14-26-46(55)40-21-11-4-12-22-40/h1-34H. The molecule has 0 N–H and O–H groups in total. The van der Waals surface area contributed by atoms with Gasteiger partial charge in [0, 0.05) is 55.0 Å². The zero-order valence-corrected chi connectivity index (χ0v) is 34.3. The zero-order valence-electron chi connectivity index (χ0n) is 32.8. The molecule has 0 saturated carbocycles. The number of fused-ring (bicyclic) bond motifs is 4. The third-order valence-corrected chi connectivity index (χ3v) is 12.5. The van der Waals surface area contributed by atoms with E-state index in [2.05, 4.69) is 186 Å². The van der Waals surface area contributed by atoms with Gasteiger partial charge < -0.3 is 9.80 Å². The molecule has 9 aromatic rings. The molecule has 0 aliphatic carbocycles. The van der Waals surface area contributed by atoms with Gasteiger partial charge in [0.15, 0.2) is 0 Å². The van der Waals surface area contributed by atoms with E-state index in [0.29, 0.717) is 15.6 Å². The van der Waals surface area contributed by atoms with Gasteiger partial charge in [0.05, 0.1) is 23.0 Å². The molecule has 0 amide bonds. The van der Waals surface area contributed by atoms with E-state index < -0.39 is 0 Å². The van der Waals surface area contributed by atoms with Gasteiger partial charge in [-0.1, -0.05) is 193 Å². The molecule has 0 bridgehead atoms. The predicted octanol–water partition coefficient (Wildman–Crippen LogP) is 13.6. The summed E-state index contributed by atoms with van der Waals surface area (Å²) in [5.41, 5.74) is 18.1. The van der Waals surface area contributed by atoms with Gasteiger partial charge in [-0.3, -0.25) is 0 Å². The maximum atomic E-state index is 11.0. The van der Waals surface area contributed by atoms with Crippen molar-refractivity contribution in [2.75, 3.05) is 9.80 Å². The first-order chi connectivity index (χ1) is 30.1. The molecule has 3 nitrogen and oxygen atoms in total. The lowest BCUT2D eigenvalue weighted by Gasteiger charge is -2.45. The van der Waals surface area contributed by atoms with Crippen molar-refractivity contribution in [1.29, 1.82) is 5.26 Å². The summed E-state index contributed by atoms with van der Waals surface area (Å²) in [5.74, 6) is 0. The monoisotopic (exact) mass is 817 g/mol. The van der Waals surface area contributed by atoms with Gasteiger partial charge in [0.2, 0.25) is 0 Å². The van der Waals surface area contributed by atoms with Crippen LogP contribution in [0, 0.1) is 11.3 Å². The Hall–Kier alpha value is -7.29. The molecule has 0 spiro atoms. The quantitative estimate of drug-likeness (QED) is 0.157. The molecule has 0 radical (unpaired) electrons. The molecule has 2 aliphatic heterocycles. The summed E-state index contributed by atoms with van der Waals surface area (Å²) in [7, 11) is 0. The van der Waals surface area contributed by atoms with Gasteiger partial charge in [0.1, 0.15) is 0 Å². The second-order valence-corrected chi connectivity index (χ2v) is 16.3. The lowest BCUT2D eigenvalue weighted by atomic mass is 9.33. The first-order valence-electron chi connectivity index (χ1n) is 20.3. The highest BCUT2D eigenvalue weighted by Gasteiger charge is 2.45. The van der Waals surface area contributed by atoms with Crippen molar-refractivity contribution in [3.05, 3.63) is 222 Å². The molecule has 286 valence electrons. The van der Waals surface area contributed by atoms with Gasteiger partial charge in [-0.05, 0) is 75.0 Å². The molecule has 9 aromatic carbocycles. The Morgan fingerprint density at radius 2 is 0.721 bits per heavy atom. The van der Waals surface area contributed by atoms with E-state index in [-0.39, 0.29) is 6.71 Å². The Labute approximate surface area is 366 Å². The molecule has 0 saturated heterocycles. The van der Waals surface area contributed by atoms with Gasteiger partial charge in [-0.25, -0.2) is 0 Å². The Morgan fingerprint density at radius 3 is 1.05 bits per heavy atom. The summed E-state index contributed by atoms with van der Waals surface area (Å²) in [6, 6.07) is 74.4. The molecule has 61 heavy (non-hydrogen) atoms. The number of hydrogen-bond acceptors (Lipinski definition) is 3. The van der Waals surface area contributed by atoms with Crippen LogP contribution in [0.5, 0.6) is 0 Å². The van der Waals surface area contributed by atoms with E-state index in [1.165, 1.54) is 0 Å². The van der Waals surface area contributed by atoms with Crippen molar-refractivity contribution >= 4 is 80.4 Å². The SMILES string of the molecule is N#Cc1cc2c3c(c1)N(c1c(-c4ccccc4)cccc1-c1ccccc1)c1cc(Cl)ccc1B3c1ccc(Cl)cc1N2c1c(-c2ccccc2)cccc1-c1ccccc1. The Kier molecular flexibility index (Phi) is 9.09. The van der Waals surface area contributed by atoms with Crippen LogP contribution in [0.3, 0.4) is 0 Å². The zero-order chi connectivity index (χ0) is 41.0. The van der Waals surface area contributed by atoms with Crippen molar-refractivity contribution in [1.82, 2.24) is 0 Å². The minimum Gasteiger partial charge on any atom is -0.310 e. The number of halogens is 2. The molecule has 6 heteroatoms. The summed E-state index contributed by atoms with van der Waals surface area (Å²) in [6.45, 7) is -0.210. The van der Waals surface area contributed by atoms with Gasteiger partial charge in [-0.15, -0.1) is 0 Å². The molecular formula is C55H34BCl2N3. The number of nitrogens with zero attached hydrogens (tertiary/aromatic N) is 3. The fourth-order valence-electron chi connectivity index (χ4n) is 9.45. The van der Waals surface area contributed by atoms with Crippen LogP contribution >= 0.6 is 23.2 Å². The number of para-hydroxylation sites is 2. The largest absolute Gasteiger partial charge is 0.310 e. The van der Waals surface area contributed by atoms with Crippen LogP contribution in [0.2, 0.25) is 10.0 Å². The molecule has 0 atom stereocenters. The van der Waals surface area contributed by atoms with Gasteiger partial charge in [0.25, 0.3) is 6.71 Å². The van der Waals surface area contributed by atoms with Crippen molar-refractivity contribution < 1.29 is 0 Å². The topological polar surface area (TPSA) is 30.3 Å². The molecule has 0 unspecified atom stereocenters. The fraction of sp³-hybridized carbons (Fsp3) is 0. The van der Waals surface area contributed by atoms with Crippen LogP contribution in [-0.2, 0) is 0 Å². The highest BCUT2D eigenvalue weighted by molar-refractivity contribution is 7.00. The van der Waals surface area contributed by atoms with Crippen LogP contribution in [0.4, 0.5) is 34.1 Å². The maximum absolute atomic E-state index is 11.0. The number of rotatable bonds is 6. The minimum absolute atomic E-state index is 0.210. The predicted molar refractivity (Wildman–Crippen MR) is 257 cm³/mol. The summed E-state index contributed by atoms with van der Waals surface area (Å²) >= 11 is 14.1. The Bertz CT molecular complexity index is 2870. The van der Waals surface area contributed by atoms with Gasteiger partial charge >= 0.3 is 0 Å². The van der Waals surface area contributed by atoms with Crippen LogP contribution < -0.4 is 26.2 Å². The number of benzene rings is 9. The van der Waals surface area contributed by atoms with Crippen LogP contribution in [0.25, 0.3) is 44.5 Å². The van der Waals surface area contributed by atoms with Crippen molar-refractivity contribution in [2.24, 2.45) is 0 Å². The average molecular weight is 819 g/mol. The summed E-state index contributed by atoms with van der Waals surface area (Å²) < 4.78 is 0. The van der Waals surface area contributed by atoms with Crippen LogP contribution in [0.15, 0.2) is 206 Å². The van der Waals surface area contributed by atoms with Gasteiger partial charge in [-0.2, -0.15) is 5.26 Å². The summed E-state index contributed by atoms with van der Waals surface area (Å²) in [5, 5.41) is 12.3. The second-order valence-electron chi connectivity index (χ2n) is 15.4. The third-order valence-electron chi connectivity index (χ3n) is 12.0. The summed E-state index contributed by atoms with van der Waals surface area (Å²) in [4.78, 5) is 4.73. The highest BCUT2D eigenvalue weighted by atomic mass is 35.5. The maximum Gasteiger partial charge on any atom is 0.252 e. The number of nitriles is 1. The summed E-state index contributed by atoms with van der Waals surface area (Å²) in [6.07, 6.45) is 0. The molecule has 0 aromatic heterocycles. The Morgan fingerprint density at radius 1 is 0.377 bits per heavy atom. The fourth-order valence-corrected chi connectivity index (χ4v) is 9.79. The molecule has 0 fully saturated rings. The average Bonchev–Trinajstić information content (AvgIpc) is 3.32. The van der Waals surface area contributed by atoms with E-state index in [1.54, 1.807) is 0 Å². The van der Waals surface area contributed by atoms with Crippen molar-refractivity contribution in [3.63, 3.8) is 0 Å². The normalized spacial score (nSPS) is 12.3. The van der Waals surface area contributed by atoms with E-state index >= 15 is 0 Å². The lowest BCUT2D eigenvalue weighted by Crippen LogP contribution is -2.61. The number of anilines is 6. The lowest BCUT2D eigenvalue weighted by molar-refractivity contribution is 1.25. The van der Waals surface area contributed by atoms with Crippen LogP contribution in [-0.4, -0.2) is 6.71 Å². The van der Waals surface area contributed by atoms with E-state index in [9.17, 15) is 5.26 Å². The first kappa shape index (κ1) is 36.8. The van der Waals surface area contributed by atoms with E-state index in [4.69, 9.17) is 23.2 Å². The Balaban J connectivity index is 1.30. The van der Waals surface area contributed by atoms with Crippen molar-refractivity contribution in [3.8, 4) is 50.6 Å². The minimum atomic E-state index is -0.210. The highest BCUT2D eigenvalue weighted by Crippen LogP contribution is 2.52. The molecular weight excluding hydrogens is 784 g/mol. The smallest absolute Gasteiger partial charge is 0.252 e. The number of hydrogen-bond donors (Lipinski definition) is 0. The molecule has 2 aliphatic rings. The van der Waals surface area contributed by atoms with Crippen LogP contribution in [0.1, 0.15) is 5.56 Å². The second kappa shape index (κ2) is 15.1. The molecule has 2 heterocycles. The van der Waals surface area contributed by atoms with E-state index in [0.717, 1.165) is 95.0 Å². The van der Waals surface area contributed by atoms with E-state index in [1.807, 2.05) is 36.4 Å².